The Bertz CT molecular complexity index is 357. The summed E-state index contributed by atoms with van der Waals surface area (Å²) in [5.41, 5.74) is 0.716. The fourth-order valence-corrected chi connectivity index (χ4v) is 1.19. The monoisotopic (exact) mass is 211 g/mol. The zero-order valence-corrected chi connectivity index (χ0v) is 8.61. The predicted molar refractivity (Wildman–Crippen MR) is 56.5 cm³/mol. The van der Waals surface area contributed by atoms with Gasteiger partial charge in [0, 0.05) is 11.6 Å². The highest BCUT2D eigenvalue weighted by atomic mass is 35.5. The molecule has 0 radical (unpaired) electrons. The molecular weight excluding hydrogens is 201 g/mol. The zero-order valence-electron chi connectivity index (χ0n) is 7.85. The molecule has 1 unspecified atom stereocenters. The van der Waals surface area contributed by atoms with Crippen LogP contribution in [0.4, 0.5) is 4.39 Å². The highest BCUT2D eigenvalue weighted by Crippen LogP contribution is 2.16. The lowest BCUT2D eigenvalue weighted by Gasteiger charge is -2.08. The Morgan fingerprint density at radius 2 is 2.36 bits per heavy atom. The fraction of sp³-hybridized carbons (Fsp3) is 0.273. The largest absolute Gasteiger partial charge is 0.300 e. The summed E-state index contributed by atoms with van der Waals surface area (Å²) in [4.78, 5) is 0. The van der Waals surface area contributed by atoms with E-state index in [9.17, 15) is 4.39 Å². The van der Waals surface area contributed by atoms with Crippen LogP contribution in [0.15, 0.2) is 18.2 Å². The second kappa shape index (κ2) is 4.99. The van der Waals surface area contributed by atoms with Gasteiger partial charge in [-0.15, -0.1) is 6.42 Å². The van der Waals surface area contributed by atoms with Gasteiger partial charge in [-0.25, -0.2) is 4.39 Å². The summed E-state index contributed by atoms with van der Waals surface area (Å²) in [7, 11) is 0. The van der Waals surface area contributed by atoms with Crippen LogP contribution in [0.25, 0.3) is 0 Å². The van der Waals surface area contributed by atoms with E-state index in [1.807, 2.05) is 6.92 Å². The second-order valence-electron chi connectivity index (χ2n) is 3.00. The molecular formula is C11H11ClFN. The van der Waals surface area contributed by atoms with Crippen molar-refractivity contribution in [3.05, 3.63) is 34.6 Å². The van der Waals surface area contributed by atoms with Gasteiger partial charge >= 0.3 is 0 Å². The summed E-state index contributed by atoms with van der Waals surface area (Å²) >= 11 is 5.86. The number of halogens is 2. The Labute approximate surface area is 88.3 Å². The van der Waals surface area contributed by atoms with E-state index < -0.39 is 0 Å². The maximum atomic E-state index is 12.8. The van der Waals surface area contributed by atoms with E-state index in [1.165, 1.54) is 18.2 Å². The Hall–Kier alpha value is -1.04. The average molecular weight is 212 g/mol. The summed E-state index contributed by atoms with van der Waals surface area (Å²) in [6, 6.07) is 4.22. The third-order valence-electron chi connectivity index (χ3n) is 1.86. The van der Waals surface area contributed by atoms with E-state index in [4.69, 9.17) is 18.0 Å². The van der Waals surface area contributed by atoms with Crippen LogP contribution >= 0.6 is 11.6 Å². The summed E-state index contributed by atoms with van der Waals surface area (Å²) in [5.74, 6) is 2.23. The Morgan fingerprint density at radius 1 is 1.64 bits per heavy atom. The van der Waals surface area contributed by atoms with Gasteiger partial charge in [0.1, 0.15) is 5.82 Å². The molecule has 0 bridgehead atoms. The second-order valence-corrected chi connectivity index (χ2v) is 3.41. The summed E-state index contributed by atoms with van der Waals surface area (Å²) in [5, 5.41) is 3.57. The normalized spacial score (nSPS) is 12.1. The Balaban J connectivity index is 2.67. The SMILES string of the molecule is C#CC(C)NCc1cc(F)ccc1Cl. The van der Waals surface area contributed by atoms with Crippen LogP contribution in [0.5, 0.6) is 0 Å². The average Bonchev–Trinajstić information content (AvgIpc) is 2.19. The van der Waals surface area contributed by atoms with Crippen LogP contribution in [-0.4, -0.2) is 6.04 Å². The topological polar surface area (TPSA) is 12.0 Å². The van der Waals surface area contributed by atoms with Gasteiger partial charge in [0.05, 0.1) is 6.04 Å². The molecule has 0 aliphatic rings. The molecule has 0 fully saturated rings. The zero-order chi connectivity index (χ0) is 10.6. The molecule has 1 rings (SSSR count). The van der Waals surface area contributed by atoms with E-state index in [1.54, 1.807) is 0 Å². The minimum atomic E-state index is -0.292. The first-order chi connectivity index (χ1) is 6.63. The molecule has 1 aromatic carbocycles. The molecule has 74 valence electrons. The van der Waals surface area contributed by atoms with E-state index in [0.717, 1.165) is 0 Å². The van der Waals surface area contributed by atoms with Gasteiger partial charge in [0.2, 0.25) is 0 Å². The third kappa shape index (κ3) is 3.02. The first-order valence-electron chi connectivity index (χ1n) is 4.27. The molecule has 1 nitrogen and oxygen atoms in total. The number of hydrogen-bond donors (Lipinski definition) is 1. The smallest absolute Gasteiger partial charge is 0.123 e. The van der Waals surface area contributed by atoms with Crippen LogP contribution in [0.1, 0.15) is 12.5 Å². The Kier molecular flexibility index (Phi) is 3.94. The summed E-state index contributed by atoms with van der Waals surface area (Å²) in [6.45, 7) is 2.33. The predicted octanol–water partition coefficient (Wildman–Crippen LogP) is 2.59. The van der Waals surface area contributed by atoms with Crippen molar-refractivity contribution in [2.75, 3.05) is 0 Å². The van der Waals surface area contributed by atoms with Crippen molar-refractivity contribution in [3.63, 3.8) is 0 Å². The number of hydrogen-bond acceptors (Lipinski definition) is 1. The van der Waals surface area contributed by atoms with E-state index in [2.05, 4.69) is 11.2 Å². The lowest BCUT2D eigenvalue weighted by Crippen LogP contribution is -2.23. The van der Waals surface area contributed by atoms with Gasteiger partial charge < -0.3 is 0 Å². The molecule has 0 saturated carbocycles. The minimum Gasteiger partial charge on any atom is -0.300 e. The van der Waals surface area contributed by atoms with E-state index in [0.29, 0.717) is 17.1 Å². The molecule has 0 aliphatic heterocycles. The summed E-state index contributed by atoms with van der Waals surface area (Å²) < 4.78 is 12.8. The van der Waals surface area contributed by atoms with Crippen molar-refractivity contribution in [3.8, 4) is 12.3 Å². The molecule has 0 amide bonds. The van der Waals surface area contributed by atoms with Gasteiger partial charge in [-0.2, -0.15) is 0 Å². The van der Waals surface area contributed by atoms with Crippen molar-refractivity contribution in [1.29, 1.82) is 0 Å². The van der Waals surface area contributed by atoms with Crippen molar-refractivity contribution < 1.29 is 4.39 Å². The van der Waals surface area contributed by atoms with Crippen LogP contribution in [0.2, 0.25) is 5.02 Å². The number of nitrogens with one attached hydrogen (secondary N) is 1. The maximum absolute atomic E-state index is 12.8. The van der Waals surface area contributed by atoms with Crippen LogP contribution in [0, 0.1) is 18.2 Å². The molecule has 14 heavy (non-hydrogen) atoms. The molecule has 0 aromatic heterocycles. The van der Waals surface area contributed by atoms with Gasteiger partial charge in [-0.1, -0.05) is 17.5 Å². The third-order valence-corrected chi connectivity index (χ3v) is 2.23. The molecule has 0 heterocycles. The van der Waals surface area contributed by atoms with Gasteiger partial charge in [-0.05, 0) is 30.7 Å². The fourth-order valence-electron chi connectivity index (χ4n) is 1.00. The molecule has 3 heteroatoms. The lowest BCUT2D eigenvalue weighted by atomic mass is 10.2. The van der Waals surface area contributed by atoms with E-state index >= 15 is 0 Å². The maximum Gasteiger partial charge on any atom is 0.123 e. The molecule has 0 spiro atoms. The first-order valence-corrected chi connectivity index (χ1v) is 4.64. The van der Waals surface area contributed by atoms with Crippen LogP contribution in [-0.2, 0) is 6.54 Å². The molecule has 0 saturated heterocycles. The number of terminal acetylenes is 1. The van der Waals surface area contributed by atoms with Gasteiger partial charge in [0.15, 0.2) is 0 Å². The highest BCUT2D eigenvalue weighted by Gasteiger charge is 2.03. The lowest BCUT2D eigenvalue weighted by molar-refractivity contribution is 0.614. The van der Waals surface area contributed by atoms with Gasteiger partial charge in [-0.3, -0.25) is 5.32 Å². The first kappa shape index (κ1) is 11.0. The number of rotatable bonds is 3. The Morgan fingerprint density at radius 3 is 3.00 bits per heavy atom. The molecule has 0 aliphatic carbocycles. The van der Waals surface area contributed by atoms with Crippen molar-refractivity contribution >= 4 is 11.6 Å². The number of benzene rings is 1. The molecule has 1 N–H and O–H groups in total. The molecule has 1 atom stereocenters. The highest BCUT2D eigenvalue weighted by molar-refractivity contribution is 6.31. The van der Waals surface area contributed by atoms with Gasteiger partial charge in [0.25, 0.3) is 0 Å². The quantitative estimate of drug-likeness (QED) is 0.758. The van der Waals surface area contributed by atoms with Crippen LogP contribution in [0.3, 0.4) is 0 Å². The van der Waals surface area contributed by atoms with E-state index in [-0.39, 0.29) is 11.9 Å². The van der Waals surface area contributed by atoms with Crippen molar-refractivity contribution in [1.82, 2.24) is 5.32 Å². The standard InChI is InChI=1S/C11H11ClFN/c1-3-8(2)14-7-9-6-10(13)4-5-11(9)12/h1,4-6,8,14H,7H2,2H3. The minimum absolute atomic E-state index is 0.0469. The van der Waals surface area contributed by atoms with Crippen molar-refractivity contribution in [2.45, 2.75) is 19.5 Å². The van der Waals surface area contributed by atoms with Crippen molar-refractivity contribution in [2.24, 2.45) is 0 Å². The summed E-state index contributed by atoms with van der Waals surface area (Å²) in [6.07, 6.45) is 5.18. The van der Waals surface area contributed by atoms with Crippen LogP contribution < -0.4 is 5.32 Å². The molecule has 1 aromatic rings.